The zero-order valence-electron chi connectivity index (χ0n) is 17.8. The Hall–Kier alpha value is -2.62. The van der Waals surface area contributed by atoms with Crippen LogP contribution in [0, 0.1) is 0 Å². The number of nitrogens with one attached hydrogen (secondary N) is 1. The van der Waals surface area contributed by atoms with Crippen molar-refractivity contribution < 1.29 is 9.26 Å². The summed E-state index contributed by atoms with van der Waals surface area (Å²) >= 11 is 0. The summed E-state index contributed by atoms with van der Waals surface area (Å²) < 4.78 is 10.5. The van der Waals surface area contributed by atoms with Crippen molar-refractivity contribution in [3.8, 4) is 17.1 Å². The SMILES string of the molecule is COc1ccc(-c2noc(CCCCCN=C(N)NCCc3ccccc3)n2)cc1.I. The number of ether oxygens (including phenoxy) is 1. The highest BCUT2D eigenvalue weighted by atomic mass is 127. The van der Waals surface area contributed by atoms with E-state index in [1.54, 1.807) is 7.11 Å². The summed E-state index contributed by atoms with van der Waals surface area (Å²) in [6, 6.07) is 17.9. The van der Waals surface area contributed by atoms with Gasteiger partial charge < -0.3 is 20.3 Å². The average molecular weight is 535 g/mol. The maximum atomic E-state index is 5.92. The predicted molar refractivity (Wildman–Crippen MR) is 134 cm³/mol. The summed E-state index contributed by atoms with van der Waals surface area (Å²) in [4.78, 5) is 8.84. The predicted octanol–water partition coefficient (Wildman–Crippen LogP) is 4.22. The van der Waals surface area contributed by atoms with E-state index >= 15 is 0 Å². The fraction of sp³-hybridized carbons (Fsp3) is 0.348. The number of guanidine groups is 1. The summed E-state index contributed by atoms with van der Waals surface area (Å²) in [5.74, 6) is 2.57. The van der Waals surface area contributed by atoms with E-state index in [0.29, 0.717) is 24.2 Å². The lowest BCUT2D eigenvalue weighted by molar-refractivity contribution is 0.374. The molecule has 1 heterocycles. The lowest BCUT2D eigenvalue weighted by Gasteiger charge is -2.05. The molecule has 7 nitrogen and oxygen atoms in total. The highest BCUT2D eigenvalue weighted by Gasteiger charge is 2.08. The fourth-order valence-corrected chi connectivity index (χ4v) is 3.01. The molecule has 0 saturated heterocycles. The third-order valence-electron chi connectivity index (χ3n) is 4.71. The fourth-order valence-electron chi connectivity index (χ4n) is 3.01. The van der Waals surface area contributed by atoms with Crippen molar-refractivity contribution in [3.05, 3.63) is 66.1 Å². The van der Waals surface area contributed by atoms with Crippen LogP contribution in [0.3, 0.4) is 0 Å². The maximum absolute atomic E-state index is 5.92. The van der Waals surface area contributed by atoms with Crippen LogP contribution in [0.4, 0.5) is 0 Å². The van der Waals surface area contributed by atoms with Gasteiger partial charge in [0.2, 0.25) is 11.7 Å². The van der Waals surface area contributed by atoms with Gasteiger partial charge in [0, 0.05) is 25.1 Å². The van der Waals surface area contributed by atoms with Gasteiger partial charge in [0.15, 0.2) is 5.96 Å². The van der Waals surface area contributed by atoms with E-state index in [-0.39, 0.29) is 24.0 Å². The zero-order valence-corrected chi connectivity index (χ0v) is 20.1. The standard InChI is InChI=1S/C23H29N5O2.HI/c1-29-20-13-11-19(12-14-20)22-27-21(30-28-22)10-6-3-7-16-25-23(24)26-17-15-18-8-4-2-5-9-18;/h2,4-5,8-9,11-14H,3,6-7,10,15-17H2,1H3,(H3,24,25,26);1H. The summed E-state index contributed by atoms with van der Waals surface area (Å²) in [6.07, 6.45) is 4.67. The molecule has 0 aliphatic carbocycles. The Bertz CT molecular complexity index is 913. The largest absolute Gasteiger partial charge is 0.497 e. The van der Waals surface area contributed by atoms with Gasteiger partial charge in [-0.3, -0.25) is 4.99 Å². The highest BCUT2D eigenvalue weighted by molar-refractivity contribution is 14.0. The summed E-state index contributed by atoms with van der Waals surface area (Å²) in [5, 5.41) is 7.22. The van der Waals surface area contributed by atoms with Crippen molar-refractivity contribution in [2.45, 2.75) is 32.1 Å². The molecule has 31 heavy (non-hydrogen) atoms. The molecule has 0 aliphatic heterocycles. The maximum Gasteiger partial charge on any atom is 0.226 e. The van der Waals surface area contributed by atoms with Crippen molar-refractivity contribution in [2.75, 3.05) is 20.2 Å². The zero-order chi connectivity index (χ0) is 21.0. The number of methoxy groups -OCH3 is 1. The number of aryl methyl sites for hydroxylation is 1. The number of aromatic nitrogens is 2. The number of unbranched alkanes of at least 4 members (excludes halogenated alkanes) is 2. The van der Waals surface area contributed by atoms with E-state index in [2.05, 4.69) is 32.6 Å². The topological polar surface area (TPSA) is 98.6 Å². The van der Waals surface area contributed by atoms with Crippen LogP contribution in [-0.2, 0) is 12.8 Å². The van der Waals surface area contributed by atoms with E-state index in [9.17, 15) is 0 Å². The minimum atomic E-state index is 0. The molecule has 0 fully saturated rings. The number of hydrogen-bond donors (Lipinski definition) is 2. The second-order valence-corrected chi connectivity index (χ2v) is 6.98. The quantitative estimate of drug-likeness (QED) is 0.165. The summed E-state index contributed by atoms with van der Waals surface area (Å²) in [7, 11) is 1.64. The second kappa shape index (κ2) is 13.6. The Morgan fingerprint density at radius 1 is 1.03 bits per heavy atom. The van der Waals surface area contributed by atoms with Crippen molar-refractivity contribution in [3.63, 3.8) is 0 Å². The van der Waals surface area contributed by atoms with E-state index in [0.717, 1.165) is 50.0 Å². The normalized spacial score (nSPS) is 11.1. The number of benzene rings is 2. The number of halogens is 1. The average Bonchev–Trinajstić information content (AvgIpc) is 3.26. The van der Waals surface area contributed by atoms with Gasteiger partial charge in [-0.25, -0.2) is 0 Å². The van der Waals surface area contributed by atoms with Crippen molar-refractivity contribution in [1.82, 2.24) is 15.5 Å². The first-order valence-corrected chi connectivity index (χ1v) is 10.3. The molecule has 0 atom stereocenters. The molecule has 0 spiro atoms. The third kappa shape index (κ3) is 8.56. The molecule has 3 rings (SSSR count). The number of nitrogens with two attached hydrogens (primary N) is 1. The molecule has 0 radical (unpaired) electrons. The monoisotopic (exact) mass is 535 g/mol. The molecule has 3 aromatic rings. The Balaban J connectivity index is 0.00000341. The molecule has 0 aliphatic rings. The van der Waals surface area contributed by atoms with Gasteiger partial charge in [-0.1, -0.05) is 41.9 Å². The van der Waals surface area contributed by atoms with Gasteiger partial charge in [-0.2, -0.15) is 4.98 Å². The van der Waals surface area contributed by atoms with Crippen LogP contribution in [0.15, 0.2) is 64.1 Å². The van der Waals surface area contributed by atoms with E-state index < -0.39 is 0 Å². The summed E-state index contributed by atoms with van der Waals surface area (Å²) in [5.41, 5.74) is 8.12. The minimum absolute atomic E-state index is 0. The van der Waals surface area contributed by atoms with E-state index in [4.69, 9.17) is 15.0 Å². The van der Waals surface area contributed by atoms with Gasteiger partial charge >= 0.3 is 0 Å². The van der Waals surface area contributed by atoms with Crippen LogP contribution >= 0.6 is 24.0 Å². The van der Waals surface area contributed by atoms with E-state index in [1.807, 2.05) is 42.5 Å². The van der Waals surface area contributed by atoms with Crippen molar-refractivity contribution in [1.29, 1.82) is 0 Å². The molecule has 1 aromatic heterocycles. The molecular formula is C23H30IN5O2. The van der Waals surface area contributed by atoms with Crippen molar-refractivity contribution in [2.24, 2.45) is 10.7 Å². The first kappa shape index (κ1) is 24.6. The number of nitrogens with zero attached hydrogens (tertiary/aromatic N) is 3. The number of hydrogen-bond acceptors (Lipinski definition) is 5. The van der Waals surface area contributed by atoms with Crippen LogP contribution in [0.25, 0.3) is 11.4 Å². The molecule has 8 heteroatoms. The van der Waals surface area contributed by atoms with Crippen LogP contribution in [-0.4, -0.2) is 36.3 Å². The molecule has 3 N–H and O–H groups in total. The Kier molecular flexibility index (Phi) is 10.8. The lowest BCUT2D eigenvalue weighted by Crippen LogP contribution is -2.33. The highest BCUT2D eigenvalue weighted by Crippen LogP contribution is 2.20. The van der Waals surface area contributed by atoms with Crippen LogP contribution in [0.2, 0.25) is 0 Å². The van der Waals surface area contributed by atoms with Crippen molar-refractivity contribution >= 4 is 29.9 Å². The number of rotatable bonds is 11. The lowest BCUT2D eigenvalue weighted by atomic mass is 10.1. The Labute approximate surface area is 200 Å². The minimum Gasteiger partial charge on any atom is -0.497 e. The number of aliphatic imine (C=N–C) groups is 1. The Morgan fingerprint density at radius 3 is 2.55 bits per heavy atom. The summed E-state index contributed by atoms with van der Waals surface area (Å²) in [6.45, 7) is 1.50. The van der Waals surface area contributed by atoms with Gasteiger partial charge in [0.1, 0.15) is 5.75 Å². The molecule has 0 unspecified atom stereocenters. The van der Waals surface area contributed by atoms with Crippen LogP contribution in [0.5, 0.6) is 5.75 Å². The van der Waals surface area contributed by atoms with Gasteiger partial charge in [0.05, 0.1) is 7.11 Å². The first-order chi connectivity index (χ1) is 14.7. The van der Waals surface area contributed by atoms with Gasteiger partial charge in [0.25, 0.3) is 0 Å². The molecule has 2 aromatic carbocycles. The molecule has 166 valence electrons. The van der Waals surface area contributed by atoms with Crippen LogP contribution < -0.4 is 15.8 Å². The first-order valence-electron chi connectivity index (χ1n) is 10.3. The second-order valence-electron chi connectivity index (χ2n) is 6.98. The van der Waals surface area contributed by atoms with Crippen LogP contribution in [0.1, 0.15) is 30.7 Å². The third-order valence-corrected chi connectivity index (χ3v) is 4.71. The molecule has 0 bridgehead atoms. The van der Waals surface area contributed by atoms with Gasteiger partial charge in [-0.05, 0) is 49.1 Å². The molecule has 0 amide bonds. The molecule has 0 saturated carbocycles. The molecular weight excluding hydrogens is 505 g/mol. The Morgan fingerprint density at radius 2 is 1.81 bits per heavy atom. The smallest absolute Gasteiger partial charge is 0.226 e. The van der Waals surface area contributed by atoms with E-state index in [1.165, 1.54) is 5.56 Å². The van der Waals surface area contributed by atoms with Gasteiger partial charge in [-0.15, -0.1) is 24.0 Å².